The fourth-order valence-electron chi connectivity index (χ4n) is 12.4. The van der Waals surface area contributed by atoms with Gasteiger partial charge >= 0.3 is 5.97 Å². The number of hydrogen-bond acceptors (Lipinski definition) is 5. The molecule has 6 heteroatoms. The van der Waals surface area contributed by atoms with E-state index in [9.17, 15) is 19.8 Å². The van der Waals surface area contributed by atoms with Crippen LogP contribution in [0.3, 0.4) is 0 Å². The van der Waals surface area contributed by atoms with Gasteiger partial charge in [-0.05, 0) is 64.2 Å². The zero-order valence-electron chi connectivity index (χ0n) is 58.3. The van der Waals surface area contributed by atoms with E-state index >= 15 is 0 Å². The van der Waals surface area contributed by atoms with Crippen molar-refractivity contribution in [3.05, 3.63) is 36.5 Å². The Morgan fingerprint density at radius 2 is 0.581 bits per heavy atom. The van der Waals surface area contributed by atoms with Gasteiger partial charge in [0.15, 0.2) is 0 Å². The van der Waals surface area contributed by atoms with Gasteiger partial charge in [-0.2, -0.15) is 0 Å². The molecule has 3 N–H and O–H groups in total. The van der Waals surface area contributed by atoms with Crippen molar-refractivity contribution in [1.29, 1.82) is 0 Å². The Balaban J connectivity index is 3.36. The summed E-state index contributed by atoms with van der Waals surface area (Å²) in [6.45, 7) is 4.95. The molecule has 0 aliphatic rings. The Labute approximate surface area is 538 Å². The average molecular weight is 1210 g/mol. The highest BCUT2D eigenvalue weighted by Gasteiger charge is 2.18. The highest BCUT2D eigenvalue weighted by molar-refractivity contribution is 5.76. The van der Waals surface area contributed by atoms with E-state index in [1.54, 1.807) is 6.08 Å². The third kappa shape index (κ3) is 71.2. The van der Waals surface area contributed by atoms with E-state index in [1.165, 1.54) is 366 Å². The molecule has 86 heavy (non-hydrogen) atoms. The zero-order chi connectivity index (χ0) is 62.0. The predicted octanol–water partition coefficient (Wildman–Crippen LogP) is 25.8. The van der Waals surface area contributed by atoms with Gasteiger partial charge < -0.3 is 20.3 Å². The molecule has 0 saturated carbocycles. The number of unbranched alkanes of at least 4 members (excludes halogenated alkanes) is 59. The Bertz CT molecular complexity index is 1390. The summed E-state index contributed by atoms with van der Waals surface area (Å²) in [5, 5.41) is 23.2. The normalized spacial score (nSPS) is 12.7. The molecule has 0 aliphatic heterocycles. The summed E-state index contributed by atoms with van der Waals surface area (Å²) in [7, 11) is 0. The molecule has 0 aromatic heterocycles. The number of amides is 1. The van der Waals surface area contributed by atoms with E-state index in [1.807, 2.05) is 6.08 Å². The average Bonchev–Trinajstić information content (AvgIpc) is 3.61. The van der Waals surface area contributed by atoms with Crippen molar-refractivity contribution in [2.24, 2.45) is 0 Å². The lowest BCUT2D eigenvalue weighted by Gasteiger charge is -2.20. The van der Waals surface area contributed by atoms with Gasteiger partial charge in [0.25, 0.3) is 0 Å². The molecule has 0 fully saturated rings. The van der Waals surface area contributed by atoms with Gasteiger partial charge in [0.2, 0.25) is 5.91 Å². The van der Waals surface area contributed by atoms with E-state index in [4.69, 9.17) is 4.74 Å². The van der Waals surface area contributed by atoms with Crippen molar-refractivity contribution in [2.75, 3.05) is 13.2 Å². The second kappa shape index (κ2) is 75.5. The number of nitrogens with one attached hydrogen (secondary N) is 1. The first-order chi connectivity index (χ1) is 42.5. The number of carbonyl (C=O) groups is 2. The lowest BCUT2D eigenvalue weighted by molar-refractivity contribution is -0.143. The Morgan fingerprint density at radius 3 is 0.884 bits per heavy atom. The topological polar surface area (TPSA) is 95.9 Å². The van der Waals surface area contributed by atoms with E-state index in [0.29, 0.717) is 19.4 Å². The highest BCUT2D eigenvalue weighted by atomic mass is 16.5. The maximum atomic E-state index is 12.5. The lowest BCUT2D eigenvalue weighted by atomic mass is 10.0. The Kier molecular flexibility index (Phi) is 73.9. The second-order valence-electron chi connectivity index (χ2n) is 27.0. The zero-order valence-corrected chi connectivity index (χ0v) is 58.3. The number of aliphatic hydroxyl groups is 2. The lowest BCUT2D eigenvalue weighted by Crippen LogP contribution is -2.45. The summed E-state index contributed by atoms with van der Waals surface area (Å²) in [5.74, 6) is -0.0395. The molecule has 0 spiro atoms. The fraction of sp³-hybridized carbons (Fsp3) is 0.900. The van der Waals surface area contributed by atoms with Crippen molar-refractivity contribution < 1.29 is 24.5 Å². The standard InChI is InChI=1S/C80H153NO5/c1-3-5-7-9-11-13-15-17-19-44-48-52-56-60-64-68-72-78(83)77(76-82)81-79(84)73-69-65-61-57-53-49-45-42-40-38-36-34-32-30-28-26-24-22-21-23-25-27-29-31-33-35-37-39-41-43-47-51-55-59-63-67-71-75-86-80(85)74-70-66-62-58-54-50-46-20-18-16-14-12-10-8-6-4-2/h21,23,27,29,68,72,77-78,82-83H,3-20,22,24-26,28,30-67,69-71,73-76H2,1-2H3,(H,81,84)/b23-21-,29-27-,72-68+. The molecule has 0 rings (SSSR count). The van der Waals surface area contributed by atoms with Crippen LogP contribution in [0.15, 0.2) is 36.5 Å². The number of esters is 1. The minimum Gasteiger partial charge on any atom is -0.466 e. The first-order valence-corrected chi connectivity index (χ1v) is 39.3. The van der Waals surface area contributed by atoms with Gasteiger partial charge in [-0.3, -0.25) is 9.59 Å². The third-order valence-corrected chi connectivity index (χ3v) is 18.4. The molecule has 2 atom stereocenters. The molecule has 0 aliphatic carbocycles. The van der Waals surface area contributed by atoms with Crippen molar-refractivity contribution in [3.8, 4) is 0 Å². The number of aliphatic hydroxyl groups excluding tert-OH is 2. The molecule has 6 nitrogen and oxygen atoms in total. The minimum atomic E-state index is -0.843. The molecule has 0 saturated heterocycles. The van der Waals surface area contributed by atoms with Gasteiger partial charge in [0.1, 0.15) is 0 Å². The molecular weight excluding hydrogens is 1050 g/mol. The fourth-order valence-corrected chi connectivity index (χ4v) is 12.4. The Hall–Kier alpha value is -1.92. The quantitative estimate of drug-likeness (QED) is 0.0320. The summed E-state index contributed by atoms with van der Waals surface area (Å²) in [5.41, 5.74) is 0. The predicted molar refractivity (Wildman–Crippen MR) is 379 cm³/mol. The third-order valence-electron chi connectivity index (χ3n) is 18.4. The smallest absolute Gasteiger partial charge is 0.305 e. The summed E-state index contributed by atoms with van der Waals surface area (Å²) >= 11 is 0. The molecule has 1 amide bonds. The maximum absolute atomic E-state index is 12.5. The van der Waals surface area contributed by atoms with E-state index in [2.05, 4.69) is 43.5 Å². The van der Waals surface area contributed by atoms with E-state index in [-0.39, 0.29) is 18.5 Å². The number of allylic oxidation sites excluding steroid dienone is 5. The van der Waals surface area contributed by atoms with Crippen LogP contribution in [0.25, 0.3) is 0 Å². The summed E-state index contributed by atoms with van der Waals surface area (Å²) in [6.07, 6.45) is 98.4. The van der Waals surface area contributed by atoms with Crippen LogP contribution in [-0.2, 0) is 14.3 Å². The maximum Gasteiger partial charge on any atom is 0.305 e. The van der Waals surface area contributed by atoms with Crippen LogP contribution in [0.1, 0.15) is 438 Å². The van der Waals surface area contributed by atoms with Crippen LogP contribution in [-0.4, -0.2) is 47.4 Å². The van der Waals surface area contributed by atoms with Gasteiger partial charge in [0, 0.05) is 12.8 Å². The SMILES string of the molecule is CCCCCCCCCCCCCCCC/C=C/C(O)C(CO)NC(=O)CCCCCCCCCCCCCCCCCCC/C=C\C/C=C\CCCCCCCCCCCCCCCOC(=O)CCCCCCCCCCCCCCCCCC. The first-order valence-electron chi connectivity index (χ1n) is 39.3. The summed E-state index contributed by atoms with van der Waals surface area (Å²) < 4.78 is 5.51. The molecule has 0 heterocycles. The van der Waals surface area contributed by atoms with Crippen LogP contribution < -0.4 is 5.32 Å². The van der Waals surface area contributed by atoms with Crippen LogP contribution in [0.5, 0.6) is 0 Å². The highest BCUT2D eigenvalue weighted by Crippen LogP contribution is 2.19. The molecule has 2 unspecified atom stereocenters. The van der Waals surface area contributed by atoms with Gasteiger partial charge in [-0.15, -0.1) is 0 Å². The van der Waals surface area contributed by atoms with Crippen LogP contribution in [0.2, 0.25) is 0 Å². The number of rotatable bonds is 74. The number of carbonyl (C=O) groups excluding carboxylic acids is 2. The Morgan fingerprint density at radius 1 is 0.326 bits per heavy atom. The number of ether oxygens (including phenoxy) is 1. The van der Waals surface area contributed by atoms with Crippen LogP contribution in [0, 0.1) is 0 Å². The van der Waals surface area contributed by atoms with Gasteiger partial charge in [0.05, 0.1) is 25.4 Å². The molecular formula is C80H153NO5. The van der Waals surface area contributed by atoms with Crippen molar-refractivity contribution in [1.82, 2.24) is 5.32 Å². The molecule has 0 aromatic rings. The minimum absolute atomic E-state index is 0.0227. The van der Waals surface area contributed by atoms with Crippen molar-refractivity contribution >= 4 is 11.9 Å². The molecule has 0 bridgehead atoms. The van der Waals surface area contributed by atoms with Crippen LogP contribution >= 0.6 is 0 Å². The molecule has 0 aromatic carbocycles. The van der Waals surface area contributed by atoms with Crippen LogP contribution in [0.4, 0.5) is 0 Å². The van der Waals surface area contributed by atoms with Gasteiger partial charge in [-0.25, -0.2) is 0 Å². The van der Waals surface area contributed by atoms with Crippen molar-refractivity contribution in [2.45, 2.75) is 450 Å². The first kappa shape index (κ1) is 84.1. The van der Waals surface area contributed by atoms with Crippen molar-refractivity contribution in [3.63, 3.8) is 0 Å². The largest absolute Gasteiger partial charge is 0.466 e. The van der Waals surface area contributed by atoms with E-state index < -0.39 is 12.1 Å². The van der Waals surface area contributed by atoms with Gasteiger partial charge in [-0.1, -0.05) is 397 Å². The van der Waals surface area contributed by atoms with E-state index in [0.717, 1.165) is 44.9 Å². The second-order valence-corrected chi connectivity index (χ2v) is 27.0. The summed E-state index contributed by atoms with van der Waals surface area (Å²) in [6, 6.07) is -0.626. The number of hydrogen-bond donors (Lipinski definition) is 3. The summed E-state index contributed by atoms with van der Waals surface area (Å²) in [4.78, 5) is 24.6. The monoisotopic (exact) mass is 1210 g/mol. The molecule has 0 radical (unpaired) electrons. The molecule has 508 valence electrons.